The Morgan fingerprint density at radius 2 is 1.08 bits per heavy atom. The van der Waals surface area contributed by atoms with Crippen LogP contribution in [0.25, 0.3) is 0 Å². The third kappa shape index (κ3) is 8.35. The van der Waals surface area contributed by atoms with Crippen molar-refractivity contribution in [3.63, 3.8) is 0 Å². The molecule has 280 valence electrons. The average Bonchev–Trinajstić information content (AvgIpc) is 2.90. The number of phenolic OH excluding ortho intramolecular Hbond substituents is 1. The van der Waals surface area contributed by atoms with Gasteiger partial charge in [0.25, 0.3) is 0 Å². The molecular weight excluding hydrogens is 612 g/mol. The van der Waals surface area contributed by atoms with Gasteiger partial charge in [-0.2, -0.15) is 0 Å². The summed E-state index contributed by atoms with van der Waals surface area (Å²) in [6.07, 6.45) is 5.51. The lowest BCUT2D eigenvalue weighted by Crippen LogP contribution is -2.62. The number of carbonyl (C=O) groups is 2. The minimum atomic E-state index is -1.98. The van der Waals surface area contributed by atoms with Crippen molar-refractivity contribution in [2.45, 2.75) is 181 Å². The van der Waals surface area contributed by atoms with Crippen LogP contribution in [0.15, 0.2) is 12.1 Å². The van der Waals surface area contributed by atoms with Gasteiger partial charge in [0.15, 0.2) is 5.41 Å². The lowest BCUT2D eigenvalue weighted by Gasteiger charge is -2.59. The molecule has 0 amide bonds. The minimum Gasteiger partial charge on any atom is -0.508 e. The van der Waals surface area contributed by atoms with Crippen molar-refractivity contribution in [1.82, 2.24) is 9.80 Å². The summed E-state index contributed by atoms with van der Waals surface area (Å²) in [5.41, 5.74) is -0.497. The van der Waals surface area contributed by atoms with Crippen LogP contribution in [0.5, 0.6) is 5.75 Å². The zero-order chi connectivity index (χ0) is 37.9. The fraction of sp³-hybridized carbons (Fsp3) is 0.810. The largest absolute Gasteiger partial charge is 0.508 e. The van der Waals surface area contributed by atoms with Gasteiger partial charge < -0.3 is 15.3 Å². The van der Waals surface area contributed by atoms with E-state index in [0.29, 0.717) is 29.7 Å². The van der Waals surface area contributed by atoms with Gasteiger partial charge in [-0.15, -0.1) is 0 Å². The summed E-state index contributed by atoms with van der Waals surface area (Å²) in [4.78, 5) is 31.5. The summed E-state index contributed by atoms with van der Waals surface area (Å²) in [5, 5.41) is 32.6. The van der Waals surface area contributed by atoms with Gasteiger partial charge in [0.1, 0.15) is 5.75 Å². The first kappa shape index (κ1) is 41.3. The molecule has 0 radical (unpaired) electrons. The molecule has 3 rings (SSSR count). The maximum atomic E-state index is 13.2. The van der Waals surface area contributed by atoms with Gasteiger partial charge >= 0.3 is 11.9 Å². The number of likely N-dealkylation sites (tertiary alicyclic amines) is 2. The normalized spacial score (nSPS) is 22.4. The molecule has 49 heavy (non-hydrogen) atoms. The highest BCUT2D eigenvalue weighted by Gasteiger charge is 2.52. The summed E-state index contributed by atoms with van der Waals surface area (Å²) in [7, 11) is 4.47. The Morgan fingerprint density at radius 1 is 0.714 bits per heavy atom. The molecule has 1 aromatic rings. The number of carboxylic acids is 2. The van der Waals surface area contributed by atoms with Crippen LogP contribution in [0.4, 0.5) is 0 Å². The Kier molecular flexibility index (Phi) is 11.3. The Morgan fingerprint density at radius 3 is 1.41 bits per heavy atom. The zero-order valence-corrected chi connectivity index (χ0v) is 34.1. The molecular formula is C42H72N2O5. The standard InChI is InChI=1S/C42H72N2O5/c1-36(2,3)32-27(19-20-31(45)33(32)37(4,5)6)26-42(34(46)47,35(48)49)21-17-18-30(28-22-38(7,8)43(15)39(9,10)23-28)29-24-40(11,12)44(16)41(13,14)25-29/h19-20,28-30,45H,17-18,21-26H2,1-16H3,(H,46,47)(H,48,49). The van der Waals surface area contributed by atoms with E-state index < -0.39 is 28.2 Å². The van der Waals surface area contributed by atoms with E-state index in [2.05, 4.69) is 79.3 Å². The molecule has 0 bridgehead atoms. The van der Waals surface area contributed by atoms with Crippen LogP contribution in [0, 0.1) is 23.2 Å². The van der Waals surface area contributed by atoms with Crippen molar-refractivity contribution in [1.29, 1.82) is 0 Å². The number of aromatic hydroxyl groups is 1. The maximum absolute atomic E-state index is 13.2. The number of nitrogens with zero attached hydrogens (tertiary/aromatic N) is 2. The lowest BCUT2D eigenvalue weighted by molar-refractivity contribution is -0.165. The average molecular weight is 685 g/mol. The number of hydrogen-bond donors (Lipinski definition) is 3. The molecule has 7 heteroatoms. The highest BCUT2D eigenvalue weighted by atomic mass is 16.4. The molecule has 0 saturated carbocycles. The van der Waals surface area contributed by atoms with Crippen molar-refractivity contribution in [2.24, 2.45) is 23.2 Å². The quantitative estimate of drug-likeness (QED) is 0.211. The highest BCUT2D eigenvalue weighted by Crippen LogP contribution is 2.52. The molecule has 2 aliphatic rings. The lowest BCUT2D eigenvalue weighted by atomic mass is 9.60. The van der Waals surface area contributed by atoms with E-state index >= 15 is 0 Å². The highest BCUT2D eigenvalue weighted by molar-refractivity contribution is 5.98. The predicted octanol–water partition coefficient (Wildman–Crippen LogP) is 9.27. The first-order valence-corrected chi connectivity index (χ1v) is 18.7. The molecule has 0 spiro atoms. The number of carboxylic acid groups (broad SMARTS) is 2. The van der Waals surface area contributed by atoms with Crippen LogP contribution >= 0.6 is 0 Å². The van der Waals surface area contributed by atoms with Crippen molar-refractivity contribution >= 4 is 11.9 Å². The second-order valence-corrected chi connectivity index (χ2v) is 20.6. The molecule has 2 fully saturated rings. The van der Waals surface area contributed by atoms with E-state index in [-0.39, 0.29) is 40.7 Å². The van der Waals surface area contributed by atoms with Gasteiger partial charge in [0.05, 0.1) is 0 Å². The fourth-order valence-corrected chi connectivity index (χ4v) is 10.3. The number of hydrogen-bond acceptors (Lipinski definition) is 5. The zero-order valence-electron chi connectivity index (χ0n) is 34.1. The molecule has 2 saturated heterocycles. The Hall–Kier alpha value is -2.12. The van der Waals surface area contributed by atoms with Gasteiger partial charge in [0, 0.05) is 27.7 Å². The summed E-state index contributed by atoms with van der Waals surface area (Å²) in [6, 6.07) is 3.36. The summed E-state index contributed by atoms with van der Waals surface area (Å²) < 4.78 is 0. The first-order valence-electron chi connectivity index (χ1n) is 18.7. The second-order valence-electron chi connectivity index (χ2n) is 20.6. The summed E-state index contributed by atoms with van der Waals surface area (Å²) >= 11 is 0. The molecule has 0 atom stereocenters. The number of aliphatic carboxylic acids is 2. The fourth-order valence-electron chi connectivity index (χ4n) is 10.3. The predicted molar refractivity (Wildman–Crippen MR) is 202 cm³/mol. The van der Waals surface area contributed by atoms with Gasteiger partial charge in [0.2, 0.25) is 0 Å². The number of rotatable bonds is 10. The van der Waals surface area contributed by atoms with Gasteiger partial charge in [-0.05, 0) is 160 Å². The summed E-state index contributed by atoms with van der Waals surface area (Å²) in [6.45, 7) is 31.0. The van der Waals surface area contributed by atoms with Crippen LogP contribution in [-0.2, 0) is 26.8 Å². The minimum absolute atomic E-state index is 0.0139. The topological polar surface area (TPSA) is 101 Å². The monoisotopic (exact) mass is 685 g/mol. The van der Waals surface area contributed by atoms with E-state index in [9.17, 15) is 24.9 Å². The Bertz CT molecular complexity index is 1280. The first-order chi connectivity index (χ1) is 21.9. The number of piperidine rings is 2. The van der Waals surface area contributed by atoms with E-state index in [1.807, 2.05) is 41.5 Å². The van der Waals surface area contributed by atoms with Gasteiger partial charge in [-0.1, -0.05) is 54.0 Å². The number of benzene rings is 1. The molecule has 3 N–H and O–H groups in total. The van der Waals surface area contributed by atoms with E-state index in [1.54, 1.807) is 12.1 Å². The van der Waals surface area contributed by atoms with Gasteiger partial charge in [-0.25, -0.2) is 0 Å². The molecule has 1 aromatic carbocycles. The van der Waals surface area contributed by atoms with Crippen LogP contribution in [0.3, 0.4) is 0 Å². The molecule has 0 aliphatic carbocycles. The van der Waals surface area contributed by atoms with E-state index in [4.69, 9.17) is 0 Å². The molecule has 2 aliphatic heterocycles. The third-order valence-electron chi connectivity index (χ3n) is 13.1. The van der Waals surface area contributed by atoms with Gasteiger partial charge in [-0.3, -0.25) is 19.4 Å². The summed E-state index contributed by atoms with van der Waals surface area (Å²) in [5.74, 6) is -1.16. The second kappa shape index (κ2) is 13.5. The molecule has 2 heterocycles. The molecule has 0 aromatic heterocycles. The van der Waals surface area contributed by atoms with Crippen LogP contribution in [0.1, 0.15) is 159 Å². The SMILES string of the molecule is CN1C(C)(C)CC(C(CCCC(Cc2ccc(O)c(C(C)(C)C)c2C(C)(C)C)(C(=O)O)C(=O)O)C2CC(C)(C)N(C)C(C)(C)C2)CC1(C)C. The van der Waals surface area contributed by atoms with Crippen molar-refractivity contribution in [2.75, 3.05) is 14.1 Å². The van der Waals surface area contributed by atoms with Crippen LogP contribution in [-0.4, -0.2) is 73.3 Å². The van der Waals surface area contributed by atoms with Crippen molar-refractivity contribution in [3.05, 3.63) is 28.8 Å². The van der Waals surface area contributed by atoms with Crippen LogP contribution in [0.2, 0.25) is 0 Å². The maximum Gasteiger partial charge on any atom is 0.321 e. The number of phenols is 1. The smallest absolute Gasteiger partial charge is 0.321 e. The van der Waals surface area contributed by atoms with Crippen LogP contribution < -0.4 is 0 Å². The Balaban J connectivity index is 2.08. The third-order valence-corrected chi connectivity index (χ3v) is 13.1. The Labute approximate surface area is 299 Å². The van der Waals surface area contributed by atoms with E-state index in [0.717, 1.165) is 43.2 Å². The van der Waals surface area contributed by atoms with Crippen molar-refractivity contribution < 1.29 is 24.9 Å². The van der Waals surface area contributed by atoms with E-state index in [1.165, 1.54) is 0 Å². The molecule has 0 unspecified atom stereocenters. The molecule has 7 nitrogen and oxygen atoms in total. The van der Waals surface area contributed by atoms with Crippen molar-refractivity contribution in [3.8, 4) is 5.75 Å².